The van der Waals surface area contributed by atoms with Gasteiger partial charge in [0, 0.05) is 25.3 Å². The molecule has 0 saturated carbocycles. The fraction of sp³-hybridized carbons (Fsp3) is 0.400. The second-order valence-electron chi connectivity index (χ2n) is 3.51. The first-order chi connectivity index (χ1) is 6.96. The maximum absolute atomic E-state index is 12.0. The normalized spacial score (nSPS) is 15.3. The predicted molar refractivity (Wildman–Crippen MR) is 50.1 cm³/mol. The average molecular weight is 217 g/mol. The van der Waals surface area contributed by atoms with E-state index in [0.29, 0.717) is 0 Å². The highest BCUT2D eigenvalue weighted by Gasteiger charge is 2.31. The average Bonchev–Trinajstić information content (AvgIpc) is 2.45. The maximum Gasteiger partial charge on any atom is 0.573 e. The van der Waals surface area contributed by atoms with Crippen LogP contribution in [0.15, 0.2) is 18.2 Å². The first-order valence-corrected chi connectivity index (χ1v) is 4.55. The van der Waals surface area contributed by atoms with Gasteiger partial charge in [0.05, 0.1) is 0 Å². The molecule has 0 radical (unpaired) electrons. The van der Waals surface area contributed by atoms with Crippen molar-refractivity contribution in [2.45, 2.75) is 12.8 Å². The molecule has 5 heteroatoms. The van der Waals surface area contributed by atoms with Gasteiger partial charge in [-0.25, -0.2) is 0 Å². The Bertz CT molecular complexity index is 375. The van der Waals surface area contributed by atoms with Gasteiger partial charge < -0.3 is 9.64 Å². The summed E-state index contributed by atoms with van der Waals surface area (Å²) in [7, 11) is 1.85. The number of alkyl halides is 3. The molecule has 2 rings (SSSR count). The maximum atomic E-state index is 12.0. The molecular weight excluding hydrogens is 207 g/mol. The van der Waals surface area contributed by atoms with Crippen molar-refractivity contribution < 1.29 is 17.9 Å². The number of nitrogens with zero attached hydrogens (tertiary/aromatic N) is 1. The van der Waals surface area contributed by atoms with Crippen molar-refractivity contribution in [3.05, 3.63) is 23.8 Å². The van der Waals surface area contributed by atoms with Crippen LogP contribution in [0, 0.1) is 0 Å². The van der Waals surface area contributed by atoms with E-state index in [4.69, 9.17) is 0 Å². The van der Waals surface area contributed by atoms with Crippen molar-refractivity contribution in [3.8, 4) is 5.75 Å². The molecule has 0 aromatic heterocycles. The molecule has 1 aromatic rings. The zero-order chi connectivity index (χ0) is 11.1. The monoisotopic (exact) mass is 217 g/mol. The van der Waals surface area contributed by atoms with Gasteiger partial charge in [0.1, 0.15) is 5.75 Å². The largest absolute Gasteiger partial charge is 0.573 e. The predicted octanol–water partition coefficient (Wildman–Crippen LogP) is 2.58. The highest BCUT2D eigenvalue weighted by atomic mass is 19.4. The van der Waals surface area contributed by atoms with Gasteiger partial charge in [-0.3, -0.25) is 0 Å². The van der Waals surface area contributed by atoms with Crippen LogP contribution in [-0.4, -0.2) is 20.0 Å². The van der Waals surface area contributed by atoms with E-state index >= 15 is 0 Å². The third-order valence-electron chi connectivity index (χ3n) is 2.42. The first kappa shape index (κ1) is 10.1. The molecular formula is C10H10F3NO. The third kappa shape index (κ3) is 2.16. The molecule has 0 spiro atoms. The summed E-state index contributed by atoms with van der Waals surface area (Å²) in [6.07, 6.45) is -3.75. The lowest BCUT2D eigenvalue weighted by atomic mass is 10.1. The molecule has 0 fully saturated rings. The Balaban J connectivity index is 2.26. The Kier molecular flexibility index (Phi) is 2.25. The van der Waals surface area contributed by atoms with Crippen LogP contribution >= 0.6 is 0 Å². The van der Waals surface area contributed by atoms with Crippen molar-refractivity contribution in [2.24, 2.45) is 0 Å². The highest BCUT2D eigenvalue weighted by Crippen LogP contribution is 2.32. The molecule has 0 aliphatic carbocycles. The third-order valence-corrected chi connectivity index (χ3v) is 2.42. The van der Waals surface area contributed by atoms with Crippen molar-refractivity contribution in [1.29, 1.82) is 0 Å². The lowest BCUT2D eigenvalue weighted by Crippen LogP contribution is -2.17. The minimum Gasteiger partial charge on any atom is -0.406 e. The lowest BCUT2D eigenvalue weighted by molar-refractivity contribution is -0.274. The molecule has 82 valence electrons. The van der Waals surface area contributed by atoms with E-state index in [1.54, 1.807) is 6.07 Å². The number of halogens is 3. The standard InChI is InChI=1S/C10H10F3NO/c1-14-5-4-7-2-3-8(6-9(7)14)15-10(11,12)13/h2-3,6H,4-5H2,1H3. The fourth-order valence-corrected chi connectivity index (χ4v) is 1.72. The molecule has 0 unspecified atom stereocenters. The van der Waals surface area contributed by atoms with Crippen LogP contribution in [0.25, 0.3) is 0 Å². The Hall–Kier alpha value is -1.39. The number of likely N-dealkylation sites (N-methyl/N-ethyl adjacent to an activating group) is 1. The summed E-state index contributed by atoms with van der Waals surface area (Å²) in [5.74, 6) is -0.157. The van der Waals surface area contributed by atoms with Crippen LogP contribution in [-0.2, 0) is 6.42 Å². The Morgan fingerprint density at radius 1 is 1.33 bits per heavy atom. The number of hydrogen-bond donors (Lipinski definition) is 0. The Morgan fingerprint density at radius 2 is 2.07 bits per heavy atom. The quantitative estimate of drug-likeness (QED) is 0.716. The molecule has 0 N–H and O–H groups in total. The van der Waals surface area contributed by atoms with Crippen molar-refractivity contribution >= 4 is 5.69 Å². The van der Waals surface area contributed by atoms with Gasteiger partial charge in [-0.05, 0) is 18.1 Å². The second kappa shape index (κ2) is 3.32. The SMILES string of the molecule is CN1CCc2ccc(OC(F)(F)F)cc21. The number of benzene rings is 1. The summed E-state index contributed by atoms with van der Waals surface area (Å²) >= 11 is 0. The van der Waals surface area contributed by atoms with Crippen LogP contribution in [0.5, 0.6) is 5.75 Å². The number of anilines is 1. The van der Waals surface area contributed by atoms with Crippen molar-refractivity contribution in [3.63, 3.8) is 0 Å². The van der Waals surface area contributed by atoms with Gasteiger partial charge in [0.2, 0.25) is 0 Å². The number of hydrogen-bond acceptors (Lipinski definition) is 2. The number of fused-ring (bicyclic) bond motifs is 1. The molecule has 0 saturated heterocycles. The van der Waals surface area contributed by atoms with E-state index < -0.39 is 6.36 Å². The second-order valence-corrected chi connectivity index (χ2v) is 3.51. The van der Waals surface area contributed by atoms with Gasteiger partial charge in [0.15, 0.2) is 0 Å². The molecule has 1 aliphatic rings. The molecule has 1 aliphatic heterocycles. The van der Waals surface area contributed by atoms with Crippen molar-refractivity contribution in [2.75, 3.05) is 18.5 Å². The van der Waals surface area contributed by atoms with E-state index in [9.17, 15) is 13.2 Å². The summed E-state index contributed by atoms with van der Waals surface area (Å²) in [4.78, 5) is 1.92. The summed E-state index contributed by atoms with van der Waals surface area (Å²) in [5, 5.41) is 0. The molecule has 0 bridgehead atoms. The lowest BCUT2D eigenvalue weighted by Gasteiger charge is -2.14. The topological polar surface area (TPSA) is 12.5 Å². The van der Waals surface area contributed by atoms with E-state index in [2.05, 4.69) is 4.74 Å². The summed E-state index contributed by atoms with van der Waals surface area (Å²) in [6, 6.07) is 4.46. The van der Waals surface area contributed by atoms with E-state index in [-0.39, 0.29) is 5.75 Å². The van der Waals surface area contributed by atoms with Gasteiger partial charge in [-0.15, -0.1) is 13.2 Å². The Morgan fingerprint density at radius 3 is 2.73 bits per heavy atom. The minimum atomic E-state index is -4.62. The zero-order valence-electron chi connectivity index (χ0n) is 8.14. The van der Waals surface area contributed by atoms with Gasteiger partial charge in [-0.1, -0.05) is 6.07 Å². The minimum absolute atomic E-state index is 0.157. The first-order valence-electron chi connectivity index (χ1n) is 4.55. The smallest absolute Gasteiger partial charge is 0.406 e. The molecule has 15 heavy (non-hydrogen) atoms. The fourth-order valence-electron chi connectivity index (χ4n) is 1.72. The summed E-state index contributed by atoms with van der Waals surface area (Å²) in [5.41, 5.74) is 1.88. The molecule has 0 atom stereocenters. The van der Waals surface area contributed by atoms with Gasteiger partial charge >= 0.3 is 6.36 Å². The zero-order valence-corrected chi connectivity index (χ0v) is 8.14. The summed E-state index contributed by atoms with van der Waals surface area (Å²) in [6.45, 7) is 0.838. The van der Waals surface area contributed by atoms with Gasteiger partial charge in [0.25, 0.3) is 0 Å². The van der Waals surface area contributed by atoms with Crippen LogP contribution < -0.4 is 9.64 Å². The van der Waals surface area contributed by atoms with Crippen LogP contribution in [0.1, 0.15) is 5.56 Å². The highest BCUT2D eigenvalue weighted by molar-refractivity contribution is 5.60. The molecule has 1 aromatic carbocycles. The molecule has 1 heterocycles. The van der Waals surface area contributed by atoms with Gasteiger partial charge in [-0.2, -0.15) is 0 Å². The van der Waals surface area contributed by atoms with E-state index in [1.165, 1.54) is 12.1 Å². The summed E-state index contributed by atoms with van der Waals surface area (Å²) < 4.78 is 39.7. The van der Waals surface area contributed by atoms with Crippen molar-refractivity contribution in [1.82, 2.24) is 0 Å². The molecule has 0 amide bonds. The van der Waals surface area contributed by atoms with E-state index in [1.807, 2.05) is 11.9 Å². The number of rotatable bonds is 1. The van der Waals surface area contributed by atoms with E-state index in [0.717, 1.165) is 24.2 Å². The van der Waals surface area contributed by atoms with Crippen LogP contribution in [0.3, 0.4) is 0 Å². The molecule has 2 nitrogen and oxygen atoms in total. The van der Waals surface area contributed by atoms with Crippen LogP contribution in [0.4, 0.5) is 18.9 Å². The number of ether oxygens (including phenoxy) is 1. The Labute approximate surface area is 85.3 Å². The van der Waals surface area contributed by atoms with Crippen LogP contribution in [0.2, 0.25) is 0 Å².